The van der Waals surface area contributed by atoms with Crippen LogP contribution in [0.4, 0.5) is 4.79 Å². The molecular formula is C26H32N2O4. The number of hydrogen-bond donors (Lipinski definition) is 2. The van der Waals surface area contributed by atoms with E-state index in [9.17, 15) is 14.7 Å². The lowest BCUT2D eigenvalue weighted by Gasteiger charge is -2.47. The zero-order valence-corrected chi connectivity index (χ0v) is 18.4. The molecule has 1 fully saturated rings. The van der Waals surface area contributed by atoms with Crippen molar-refractivity contribution in [1.82, 2.24) is 10.2 Å². The molecule has 2 amide bonds. The minimum atomic E-state index is -0.414. The molecule has 1 aliphatic heterocycles. The largest absolute Gasteiger partial charge is 0.449 e. The third kappa shape index (κ3) is 4.80. The molecule has 4 rings (SSSR count). The van der Waals surface area contributed by atoms with E-state index in [-0.39, 0.29) is 25.3 Å². The fourth-order valence-corrected chi connectivity index (χ4v) is 4.62. The van der Waals surface area contributed by atoms with E-state index in [1.54, 1.807) is 4.90 Å². The molecular weight excluding hydrogens is 404 g/mol. The molecule has 6 heteroatoms. The molecule has 1 saturated heterocycles. The maximum Gasteiger partial charge on any atom is 0.407 e. The Bertz CT molecular complexity index is 938. The van der Waals surface area contributed by atoms with E-state index in [4.69, 9.17) is 6.11 Å². The summed E-state index contributed by atoms with van der Waals surface area (Å²) in [5.41, 5.74) is 4.38. The second kappa shape index (κ2) is 9.74. The lowest BCUT2D eigenvalue weighted by Crippen LogP contribution is -2.58. The normalized spacial score (nSPS) is 16.5. The van der Waals surface area contributed by atoms with Gasteiger partial charge in [-0.05, 0) is 35.1 Å². The van der Waals surface area contributed by atoms with Crippen molar-refractivity contribution in [2.75, 3.05) is 32.8 Å². The monoisotopic (exact) mass is 437 g/mol. The summed E-state index contributed by atoms with van der Waals surface area (Å²) in [6.45, 7) is 1.89. The predicted molar refractivity (Wildman–Crippen MR) is 123 cm³/mol. The smallest absolute Gasteiger partial charge is 0.407 e. The van der Waals surface area contributed by atoms with Crippen LogP contribution in [0.5, 0.6) is 0 Å². The molecule has 170 valence electrons. The van der Waals surface area contributed by atoms with E-state index in [1.165, 1.54) is 22.3 Å². The summed E-state index contributed by atoms with van der Waals surface area (Å²) < 4.78 is 13.0. The first-order valence-electron chi connectivity index (χ1n) is 12.0. The number of unbranched alkanes of at least 4 members (excludes halogenated alkanes) is 2. The highest BCUT2D eigenvalue weighted by atomic mass is 16.5. The van der Waals surface area contributed by atoms with E-state index in [1.807, 2.05) is 24.3 Å². The topological polar surface area (TPSA) is 78.9 Å². The molecule has 0 radical (unpaired) electrons. The highest BCUT2D eigenvalue weighted by molar-refractivity contribution is 5.79. The average Bonchev–Trinajstić information content (AvgIpc) is 3.13. The molecule has 1 aliphatic carbocycles. The molecule has 32 heavy (non-hydrogen) atoms. The molecule has 0 saturated carbocycles. The van der Waals surface area contributed by atoms with Gasteiger partial charge in [0.15, 0.2) is 0 Å². The van der Waals surface area contributed by atoms with Gasteiger partial charge in [0.1, 0.15) is 6.61 Å². The van der Waals surface area contributed by atoms with E-state index in [0.29, 0.717) is 32.7 Å². The minimum absolute atomic E-state index is 0.0399. The van der Waals surface area contributed by atoms with Gasteiger partial charge in [-0.25, -0.2) is 4.79 Å². The molecule has 0 unspecified atom stereocenters. The van der Waals surface area contributed by atoms with Crippen LogP contribution in [0, 0.1) is 5.41 Å². The molecule has 0 atom stereocenters. The molecule has 0 spiro atoms. The maximum absolute atomic E-state index is 12.2. The van der Waals surface area contributed by atoms with Crippen molar-refractivity contribution in [1.29, 1.82) is 0 Å². The van der Waals surface area contributed by atoms with Crippen molar-refractivity contribution in [2.45, 2.75) is 38.5 Å². The molecule has 2 aromatic rings. The van der Waals surface area contributed by atoms with Gasteiger partial charge in [0.2, 0.25) is 5.91 Å². The van der Waals surface area contributed by atoms with Crippen molar-refractivity contribution in [3.8, 4) is 11.1 Å². The number of nitrogens with one attached hydrogen (secondary N) is 1. The van der Waals surface area contributed by atoms with Crippen LogP contribution >= 0.6 is 0 Å². The van der Waals surface area contributed by atoms with Gasteiger partial charge >= 0.3 is 6.09 Å². The Kier molecular flexibility index (Phi) is 6.39. The lowest BCUT2D eigenvalue weighted by atomic mass is 9.82. The number of ether oxygens (including phenoxy) is 1. The number of carbonyl (C=O) groups is 2. The Hall–Kier alpha value is -2.86. The summed E-state index contributed by atoms with van der Waals surface area (Å²) in [5.74, 6) is 0.132. The molecule has 2 aliphatic rings. The highest BCUT2D eigenvalue weighted by Gasteiger charge is 2.40. The van der Waals surface area contributed by atoms with Crippen LogP contribution < -0.4 is 5.32 Å². The number of aliphatic hydroxyl groups is 1. The lowest BCUT2D eigenvalue weighted by molar-refractivity contribution is -0.144. The number of carbonyl (C=O) groups excluding carboxylic acids is 2. The second-order valence-corrected chi connectivity index (χ2v) is 8.97. The molecule has 2 N–H and O–H groups in total. The van der Waals surface area contributed by atoms with Gasteiger partial charge < -0.3 is 20.1 Å². The van der Waals surface area contributed by atoms with Crippen LogP contribution in [0.3, 0.4) is 0 Å². The SMILES string of the molecule is [2H]CC1(CO)CN(C(=O)CCCCCNC(=O)OCC2c3ccccc3-c3ccccc32)C1. The Balaban J connectivity index is 1.12. The summed E-state index contributed by atoms with van der Waals surface area (Å²) >= 11 is 0. The number of aliphatic hydroxyl groups excluding tert-OH is 1. The van der Waals surface area contributed by atoms with Gasteiger partial charge in [0, 0.05) is 38.8 Å². The number of fused-ring (bicyclic) bond motifs is 3. The summed E-state index contributed by atoms with van der Waals surface area (Å²) in [6, 6.07) is 16.5. The van der Waals surface area contributed by atoms with Crippen LogP contribution in [-0.2, 0) is 9.53 Å². The minimum Gasteiger partial charge on any atom is -0.449 e. The van der Waals surface area contributed by atoms with Crippen molar-refractivity contribution in [3.63, 3.8) is 0 Å². The third-order valence-electron chi connectivity index (χ3n) is 6.42. The number of rotatable bonds is 9. The quantitative estimate of drug-likeness (QED) is 0.583. The number of amides is 2. The van der Waals surface area contributed by atoms with Crippen LogP contribution in [0.15, 0.2) is 48.5 Å². The van der Waals surface area contributed by atoms with E-state index < -0.39 is 11.5 Å². The van der Waals surface area contributed by atoms with E-state index >= 15 is 0 Å². The van der Waals surface area contributed by atoms with Gasteiger partial charge in [-0.2, -0.15) is 0 Å². The van der Waals surface area contributed by atoms with Gasteiger partial charge in [0.25, 0.3) is 0 Å². The molecule has 6 nitrogen and oxygen atoms in total. The molecule has 0 bridgehead atoms. The van der Waals surface area contributed by atoms with E-state index in [2.05, 4.69) is 29.6 Å². The highest BCUT2D eigenvalue weighted by Crippen LogP contribution is 2.44. The standard InChI is InChI=1S/C26H32N2O4/c1-26(18-29)16-28(17-26)24(30)13-3-2-8-14-27-25(31)32-15-23-21-11-6-4-9-19(21)20-10-5-7-12-22(20)23/h4-7,9-12,23,29H,2-3,8,13-18H2,1H3,(H,27,31)/i1D. The van der Waals surface area contributed by atoms with Crippen LogP contribution in [0.25, 0.3) is 11.1 Å². The molecule has 1 heterocycles. The zero-order valence-electron chi connectivity index (χ0n) is 19.4. The predicted octanol–water partition coefficient (Wildman–Crippen LogP) is 3.93. The average molecular weight is 438 g/mol. The molecule has 2 aromatic carbocycles. The molecule has 0 aromatic heterocycles. The Morgan fingerprint density at radius 1 is 1.09 bits per heavy atom. The van der Waals surface area contributed by atoms with Crippen LogP contribution in [0.1, 0.15) is 51.0 Å². The Labute approximate surface area is 191 Å². The van der Waals surface area contributed by atoms with E-state index in [0.717, 1.165) is 19.3 Å². The summed E-state index contributed by atoms with van der Waals surface area (Å²) in [7, 11) is 0. The van der Waals surface area contributed by atoms with Crippen LogP contribution in [0.2, 0.25) is 0 Å². The van der Waals surface area contributed by atoms with Gasteiger partial charge in [-0.1, -0.05) is 61.9 Å². The van der Waals surface area contributed by atoms with Crippen molar-refractivity contribution in [2.24, 2.45) is 5.41 Å². The number of hydrogen-bond acceptors (Lipinski definition) is 4. The maximum atomic E-state index is 12.2. The van der Waals surface area contributed by atoms with Gasteiger partial charge in [-0.15, -0.1) is 0 Å². The number of alkyl carbamates (subject to hydrolysis) is 1. The summed E-state index contributed by atoms with van der Waals surface area (Å²) in [5, 5.41) is 12.1. The van der Waals surface area contributed by atoms with Crippen LogP contribution in [-0.4, -0.2) is 54.9 Å². The first-order chi connectivity index (χ1) is 16.1. The Morgan fingerprint density at radius 2 is 1.75 bits per heavy atom. The van der Waals surface area contributed by atoms with Gasteiger partial charge in [-0.3, -0.25) is 4.79 Å². The fraction of sp³-hybridized carbons (Fsp3) is 0.462. The number of nitrogens with zero attached hydrogens (tertiary/aromatic N) is 1. The summed E-state index contributed by atoms with van der Waals surface area (Å²) in [4.78, 5) is 26.1. The Morgan fingerprint density at radius 3 is 2.38 bits per heavy atom. The van der Waals surface area contributed by atoms with Crippen molar-refractivity contribution in [3.05, 3.63) is 59.7 Å². The zero-order chi connectivity index (χ0) is 23.3. The fourth-order valence-electron chi connectivity index (χ4n) is 4.62. The third-order valence-corrected chi connectivity index (χ3v) is 6.42. The summed E-state index contributed by atoms with van der Waals surface area (Å²) in [6.07, 6.45) is 2.43. The van der Waals surface area contributed by atoms with Crippen molar-refractivity contribution >= 4 is 12.0 Å². The van der Waals surface area contributed by atoms with Crippen molar-refractivity contribution < 1.29 is 20.8 Å². The second-order valence-electron chi connectivity index (χ2n) is 8.97. The number of benzene rings is 2. The first kappa shape index (κ1) is 21.0. The van der Waals surface area contributed by atoms with Gasteiger partial charge in [0.05, 0.1) is 6.61 Å². The number of likely N-dealkylation sites (tertiary alicyclic amines) is 1. The first-order valence-corrected chi connectivity index (χ1v) is 11.3.